The van der Waals surface area contributed by atoms with Gasteiger partial charge in [-0.2, -0.15) is 13.2 Å². The number of hydrogen-bond acceptors (Lipinski definition) is 4. The summed E-state index contributed by atoms with van der Waals surface area (Å²) in [6, 6.07) is 8.24. The maximum Gasteiger partial charge on any atom is 0.490 e. The number of carboxylic acids is 1. The predicted octanol–water partition coefficient (Wildman–Crippen LogP) is 3.91. The van der Waals surface area contributed by atoms with Gasteiger partial charge in [0.25, 0.3) is 5.91 Å². The Morgan fingerprint density at radius 1 is 1.18 bits per heavy atom. The van der Waals surface area contributed by atoms with E-state index < -0.39 is 17.8 Å². The molecule has 1 aliphatic carbocycles. The molecule has 7 nitrogen and oxygen atoms in total. The van der Waals surface area contributed by atoms with Gasteiger partial charge < -0.3 is 19.5 Å². The van der Waals surface area contributed by atoms with Crippen LogP contribution in [-0.4, -0.2) is 62.9 Å². The Hall–Kier alpha value is -3.11. The third-order valence-electron chi connectivity index (χ3n) is 6.42. The molecule has 0 bridgehead atoms. The SMILES string of the molecule is CC(C)CN1c2cccnc2-n2cccc2C12CCN(C(=O)C1(F)CC1)C2.O=C(O)C(F)(F)F. The van der Waals surface area contributed by atoms with Crippen LogP contribution in [-0.2, 0) is 15.1 Å². The molecule has 184 valence electrons. The lowest BCUT2D eigenvalue weighted by Crippen LogP contribution is -2.54. The van der Waals surface area contributed by atoms with E-state index in [2.05, 4.69) is 40.4 Å². The second-order valence-electron chi connectivity index (χ2n) is 9.39. The van der Waals surface area contributed by atoms with Gasteiger partial charge in [0.1, 0.15) is 5.54 Å². The van der Waals surface area contributed by atoms with E-state index in [0.717, 1.165) is 30.2 Å². The summed E-state index contributed by atoms with van der Waals surface area (Å²) >= 11 is 0. The van der Waals surface area contributed by atoms with Gasteiger partial charge in [-0.3, -0.25) is 4.79 Å². The summed E-state index contributed by atoms with van der Waals surface area (Å²) in [6.07, 6.45) is 0.318. The highest BCUT2D eigenvalue weighted by molar-refractivity contribution is 5.88. The van der Waals surface area contributed by atoms with Crippen molar-refractivity contribution < 1.29 is 32.3 Å². The van der Waals surface area contributed by atoms with Gasteiger partial charge in [0.05, 0.1) is 11.4 Å². The number of carboxylic acid groups (broad SMARTS) is 1. The topological polar surface area (TPSA) is 78.7 Å². The lowest BCUT2D eigenvalue weighted by molar-refractivity contribution is -0.192. The lowest BCUT2D eigenvalue weighted by Gasteiger charge is -2.47. The number of fused-ring (bicyclic) bond motifs is 4. The smallest absolute Gasteiger partial charge is 0.475 e. The molecule has 2 aromatic rings. The first-order valence-electron chi connectivity index (χ1n) is 11.1. The number of alkyl halides is 4. The van der Waals surface area contributed by atoms with Crippen molar-refractivity contribution in [1.82, 2.24) is 14.5 Å². The van der Waals surface area contributed by atoms with Crippen molar-refractivity contribution in [3.63, 3.8) is 0 Å². The van der Waals surface area contributed by atoms with Gasteiger partial charge in [-0.15, -0.1) is 0 Å². The molecule has 1 N–H and O–H groups in total. The van der Waals surface area contributed by atoms with Crippen LogP contribution in [0.25, 0.3) is 5.82 Å². The van der Waals surface area contributed by atoms with Crippen molar-refractivity contribution in [3.05, 3.63) is 42.4 Å². The van der Waals surface area contributed by atoms with Crippen LogP contribution in [0.4, 0.5) is 23.2 Å². The van der Waals surface area contributed by atoms with Crippen LogP contribution in [0.5, 0.6) is 0 Å². The average Bonchev–Trinajstić information content (AvgIpc) is 3.17. The third-order valence-corrected chi connectivity index (χ3v) is 6.42. The van der Waals surface area contributed by atoms with Crippen LogP contribution in [0.1, 0.15) is 38.8 Å². The Balaban J connectivity index is 0.000000344. The molecule has 1 unspecified atom stereocenters. The van der Waals surface area contributed by atoms with Crippen molar-refractivity contribution in [3.8, 4) is 5.82 Å². The minimum atomic E-state index is -5.08. The molecule has 11 heteroatoms. The molecule has 1 atom stereocenters. The van der Waals surface area contributed by atoms with Crippen LogP contribution < -0.4 is 4.90 Å². The molecule has 34 heavy (non-hydrogen) atoms. The Bertz CT molecular complexity index is 1100. The van der Waals surface area contributed by atoms with Crippen LogP contribution in [0.2, 0.25) is 0 Å². The van der Waals surface area contributed by atoms with Crippen molar-refractivity contribution >= 4 is 17.6 Å². The van der Waals surface area contributed by atoms with E-state index in [4.69, 9.17) is 9.90 Å². The normalized spacial score (nSPS) is 22.2. The standard InChI is InChI=1S/C21H25FN4O.C2HF3O2/c1-15(2)13-26-16-5-3-10-23-18(16)25-11-4-6-17(25)21(26)9-12-24(14-21)19(27)20(22)7-8-20;3-2(4,5)1(6)7/h3-6,10-11,15H,7-9,12-14H2,1-2H3;(H,6,7). The number of anilines is 1. The maximum atomic E-state index is 14.5. The molecule has 2 fully saturated rings. The van der Waals surface area contributed by atoms with E-state index in [1.807, 2.05) is 24.5 Å². The Morgan fingerprint density at radius 2 is 1.85 bits per heavy atom. The summed E-state index contributed by atoms with van der Waals surface area (Å²) in [5.41, 5.74) is 0.300. The Morgan fingerprint density at radius 3 is 2.44 bits per heavy atom. The van der Waals surface area contributed by atoms with Gasteiger partial charge in [0.2, 0.25) is 0 Å². The molecule has 0 aromatic carbocycles. The van der Waals surface area contributed by atoms with Gasteiger partial charge in [-0.25, -0.2) is 14.2 Å². The number of pyridine rings is 1. The lowest BCUT2D eigenvalue weighted by atomic mass is 9.88. The number of rotatable bonds is 3. The zero-order chi connectivity index (χ0) is 24.9. The molecule has 1 saturated heterocycles. The van der Waals surface area contributed by atoms with E-state index in [1.165, 1.54) is 0 Å². The van der Waals surface area contributed by atoms with Crippen molar-refractivity contribution in [1.29, 1.82) is 0 Å². The largest absolute Gasteiger partial charge is 0.490 e. The zero-order valence-electron chi connectivity index (χ0n) is 18.8. The monoisotopic (exact) mass is 482 g/mol. The fraction of sp³-hybridized carbons (Fsp3) is 0.522. The second kappa shape index (κ2) is 8.28. The van der Waals surface area contributed by atoms with Crippen molar-refractivity contribution in [2.75, 3.05) is 24.5 Å². The highest BCUT2D eigenvalue weighted by Gasteiger charge is 2.57. The predicted molar refractivity (Wildman–Crippen MR) is 115 cm³/mol. The highest BCUT2D eigenvalue weighted by atomic mass is 19.4. The fourth-order valence-corrected chi connectivity index (χ4v) is 4.74. The first-order valence-corrected chi connectivity index (χ1v) is 11.1. The van der Waals surface area contributed by atoms with E-state index in [0.29, 0.717) is 31.8 Å². The molecule has 3 aliphatic rings. The molecule has 2 aliphatic heterocycles. The van der Waals surface area contributed by atoms with Gasteiger partial charge in [0, 0.05) is 32.0 Å². The van der Waals surface area contributed by atoms with Gasteiger partial charge in [-0.1, -0.05) is 13.8 Å². The molecular weight excluding hydrogens is 456 g/mol. The van der Waals surface area contributed by atoms with Crippen molar-refractivity contribution in [2.45, 2.75) is 50.5 Å². The van der Waals surface area contributed by atoms with Crippen molar-refractivity contribution in [2.24, 2.45) is 5.92 Å². The van der Waals surface area contributed by atoms with Crippen LogP contribution in [0.3, 0.4) is 0 Å². The number of aromatic nitrogens is 2. The van der Waals surface area contributed by atoms with E-state index in [1.54, 1.807) is 4.90 Å². The Kier molecular flexibility index (Phi) is 5.85. The van der Waals surface area contributed by atoms with E-state index >= 15 is 0 Å². The highest BCUT2D eigenvalue weighted by Crippen LogP contribution is 2.49. The Labute approximate surface area is 194 Å². The number of halogens is 4. The van der Waals surface area contributed by atoms with E-state index in [-0.39, 0.29) is 11.4 Å². The number of nitrogens with zero attached hydrogens (tertiary/aromatic N) is 4. The number of likely N-dealkylation sites (tertiary alicyclic amines) is 1. The number of aliphatic carboxylic acids is 1. The molecule has 1 spiro atoms. The molecule has 0 radical (unpaired) electrons. The molecule has 1 saturated carbocycles. The number of carbonyl (C=O) groups is 2. The summed E-state index contributed by atoms with van der Waals surface area (Å²) in [4.78, 5) is 30.4. The van der Waals surface area contributed by atoms with Gasteiger partial charge in [0.15, 0.2) is 11.5 Å². The fourth-order valence-electron chi connectivity index (χ4n) is 4.74. The molecule has 4 heterocycles. The number of carbonyl (C=O) groups excluding carboxylic acids is 1. The average molecular weight is 482 g/mol. The third kappa shape index (κ3) is 4.12. The quantitative estimate of drug-likeness (QED) is 0.672. The summed E-state index contributed by atoms with van der Waals surface area (Å²) in [7, 11) is 0. The number of amides is 1. The first-order chi connectivity index (χ1) is 15.9. The summed E-state index contributed by atoms with van der Waals surface area (Å²) in [6.45, 7) is 6.40. The van der Waals surface area contributed by atoms with Crippen LogP contribution in [0, 0.1) is 5.92 Å². The van der Waals surface area contributed by atoms with Gasteiger partial charge in [-0.05, 0) is 49.4 Å². The molecular formula is C23H26F4N4O3. The summed E-state index contributed by atoms with van der Waals surface area (Å²) in [5, 5.41) is 7.12. The molecule has 1 amide bonds. The summed E-state index contributed by atoms with van der Waals surface area (Å²) < 4.78 is 48.3. The van der Waals surface area contributed by atoms with Gasteiger partial charge >= 0.3 is 12.1 Å². The minimum absolute atomic E-state index is 0.320. The van der Waals surface area contributed by atoms with Crippen LogP contribution in [0.15, 0.2) is 36.7 Å². The first kappa shape index (κ1) is 24.0. The van der Waals surface area contributed by atoms with Crippen LogP contribution >= 0.6 is 0 Å². The molecule has 2 aromatic heterocycles. The number of hydrogen-bond donors (Lipinski definition) is 1. The van der Waals surface area contributed by atoms with E-state index in [9.17, 15) is 22.4 Å². The summed E-state index contributed by atoms with van der Waals surface area (Å²) in [5.74, 6) is -1.69. The zero-order valence-corrected chi connectivity index (χ0v) is 18.8. The second-order valence-corrected chi connectivity index (χ2v) is 9.39. The minimum Gasteiger partial charge on any atom is -0.475 e. The maximum absolute atomic E-state index is 14.5. The molecule has 5 rings (SSSR count).